The Morgan fingerprint density at radius 3 is 2.67 bits per heavy atom. The molecule has 1 saturated heterocycles. The summed E-state index contributed by atoms with van der Waals surface area (Å²) in [5, 5.41) is 9.73. The van der Waals surface area contributed by atoms with E-state index in [9.17, 15) is 13.5 Å². The Balaban J connectivity index is 2.45. The minimum atomic E-state index is -3.11. The molecule has 126 valence electrons. The smallest absolute Gasteiger partial charge is 0.213 e. The molecule has 0 aliphatic carbocycles. The lowest BCUT2D eigenvalue weighted by Crippen LogP contribution is -2.46. The molecular formula is C14H30N2O4S. The summed E-state index contributed by atoms with van der Waals surface area (Å²) < 4.78 is 29.9. The Labute approximate surface area is 129 Å². The largest absolute Gasteiger partial charge is 0.396 e. The highest BCUT2D eigenvalue weighted by atomic mass is 32.2. The van der Waals surface area contributed by atoms with Crippen LogP contribution in [0, 0.1) is 5.41 Å². The fraction of sp³-hybridized carbons (Fsp3) is 1.00. The lowest BCUT2D eigenvalue weighted by atomic mass is 9.78. The van der Waals surface area contributed by atoms with Gasteiger partial charge in [-0.2, -0.15) is 0 Å². The van der Waals surface area contributed by atoms with Crippen molar-refractivity contribution in [2.24, 2.45) is 5.41 Å². The van der Waals surface area contributed by atoms with Gasteiger partial charge < -0.3 is 14.7 Å². The average molecular weight is 322 g/mol. The van der Waals surface area contributed by atoms with E-state index in [0.29, 0.717) is 13.0 Å². The van der Waals surface area contributed by atoms with Gasteiger partial charge in [0.2, 0.25) is 10.0 Å². The van der Waals surface area contributed by atoms with Gasteiger partial charge in [0.15, 0.2) is 0 Å². The molecule has 1 N–H and O–H groups in total. The monoisotopic (exact) mass is 322 g/mol. The number of sulfonamides is 1. The molecule has 0 aromatic heterocycles. The summed E-state index contributed by atoms with van der Waals surface area (Å²) >= 11 is 0. The summed E-state index contributed by atoms with van der Waals surface area (Å²) in [6, 6.07) is 0. The van der Waals surface area contributed by atoms with Crippen molar-refractivity contribution >= 4 is 10.0 Å². The van der Waals surface area contributed by atoms with Gasteiger partial charge in [-0.1, -0.05) is 0 Å². The molecule has 1 heterocycles. The topological polar surface area (TPSA) is 70.1 Å². The molecule has 1 fully saturated rings. The highest BCUT2D eigenvalue weighted by molar-refractivity contribution is 7.89. The normalized spacial score (nSPS) is 24.6. The van der Waals surface area contributed by atoms with Crippen molar-refractivity contribution in [1.29, 1.82) is 0 Å². The van der Waals surface area contributed by atoms with Crippen LogP contribution >= 0.6 is 0 Å². The molecule has 6 nitrogen and oxygen atoms in total. The number of nitrogens with zero attached hydrogens (tertiary/aromatic N) is 2. The van der Waals surface area contributed by atoms with Crippen LogP contribution in [0.2, 0.25) is 0 Å². The summed E-state index contributed by atoms with van der Waals surface area (Å²) in [6.07, 6.45) is 3.54. The van der Waals surface area contributed by atoms with Gasteiger partial charge >= 0.3 is 0 Å². The van der Waals surface area contributed by atoms with E-state index in [1.165, 1.54) is 4.31 Å². The van der Waals surface area contributed by atoms with Crippen molar-refractivity contribution in [3.8, 4) is 0 Å². The van der Waals surface area contributed by atoms with Crippen LogP contribution in [0.1, 0.15) is 25.7 Å². The predicted octanol–water partition coefficient (Wildman–Crippen LogP) is 0.379. The summed E-state index contributed by atoms with van der Waals surface area (Å²) in [7, 11) is 1.70. The Kier molecular flexibility index (Phi) is 7.56. The Morgan fingerprint density at radius 1 is 1.38 bits per heavy atom. The summed E-state index contributed by atoms with van der Waals surface area (Å²) in [5.74, 6) is 0.181. The fourth-order valence-electron chi connectivity index (χ4n) is 2.88. The summed E-state index contributed by atoms with van der Waals surface area (Å²) in [6.45, 7) is 3.40. The molecule has 0 amide bonds. The third kappa shape index (κ3) is 5.83. The highest BCUT2D eigenvalue weighted by Crippen LogP contribution is 2.33. The summed E-state index contributed by atoms with van der Waals surface area (Å²) in [4.78, 5) is 2.28. The zero-order valence-corrected chi connectivity index (χ0v) is 14.4. The molecule has 0 unspecified atom stereocenters. The molecule has 0 bridgehead atoms. The maximum atomic E-state index is 11.7. The fourth-order valence-corrected chi connectivity index (χ4v) is 3.74. The molecule has 0 aromatic rings. The van der Waals surface area contributed by atoms with Crippen LogP contribution in [0.15, 0.2) is 0 Å². The van der Waals surface area contributed by atoms with Gasteiger partial charge in [-0.25, -0.2) is 12.7 Å². The van der Waals surface area contributed by atoms with E-state index in [4.69, 9.17) is 4.74 Å². The number of ether oxygens (including phenoxy) is 1. The molecule has 21 heavy (non-hydrogen) atoms. The predicted molar refractivity (Wildman–Crippen MR) is 83.8 cm³/mol. The zero-order valence-electron chi connectivity index (χ0n) is 13.5. The Bertz CT molecular complexity index is 400. The van der Waals surface area contributed by atoms with E-state index in [0.717, 1.165) is 38.9 Å². The van der Waals surface area contributed by atoms with Gasteiger partial charge in [0.25, 0.3) is 0 Å². The number of piperidine rings is 1. The molecule has 0 saturated carbocycles. The summed E-state index contributed by atoms with van der Waals surface area (Å²) in [5.41, 5.74) is -0.0886. The van der Waals surface area contributed by atoms with Gasteiger partial charge in [0.05, 0.1) is 12.4 Å². The third-order valence-electron chi connectivity index (χ3n) is 4.35. The second-order valence-corrected chi connectivity index (χ2v) is 8.53. The lowest BCUT2D eigenvalue weighted by molar-refractivity contribution is 0.00771. The molecule has 1 aliphatic rings. The first-order valence-corrected chi connectivity index (χ1v) is 9.18. The molecule has 0 aromatic carbocycles. The van der Waals surface area contributed by atoms with Crippen molar-refractivity contribution in [2.75, 3.05) is 59.8 Å². The van der Waals surface area contributed by atoms with E-state index >= 15 is 0 Å². The number of rotatable bonds is 9. The lowest BCUT2D eigenvalue weighted by Gasteiger charge is -2.42. The molecule has 1 rings (SSSR count). The maximum Gasteiger partial charge on any atom is 0.213 e. The van der Waals surface area contributed by atoms with Crippen LogP contribution in [-0.2, 0) is 14.8 Å². The van der Waals surface area contributed by atoms with Crippen LogP contribution < -0.4 is 0 Å². The minimum absolute atomic E-state index is 0.0886. The SMILES string of the molecule is COCC[C@@]1(CO)CCCN(CCCS(=O)(=O)N(C)C)C1. The molecule has 1 aliphatic heterocycles. The number of hydrogen-bond donors (Lipinski definition) is 1. The van der Waals surface area contributed by atoms with Gasteiger partial charge in [-0.15, -0.1) is 0 Å². The number of hydrogen-bond acceptors (Lipinski definition) is 5. The maximum absolute atomic E-state index is 11.7. The zero-order chi connectivity index (χ0) is 15.9. The first-order valence-electron chi connectivity index (χ1n) is 7.58. The third-order valence-corrected chi connectivity index (χ3v) is 6.26. The first kappa shape index (κ1) is 18.8. The minimum Gasteiger partial charge on any atom is -0.396 e. The van der Waals surface area contributed by atoms with E-state index in [-0.39, 0.29) is 17.8 Å². The van der Waals surface area contributed by atoms with Crippen LogP contribution in [0.5, 0.6) is 0 Å². The standard InChI is InChI=1S/C14H30N2O4S/c1-15(2)21(18,19)11-5-9-16-8-4-6-14(12-16,13-17)7-10-20-3/h17H,4-13H2,1-3H3/t14-/m0/s1. The van der Waals surface area contributed by atoms with Crippen molar-refractivity contribution < 1.29 is 18.3 Å². The molecule has 7 heteroatoms. The average Bonchev–Trinajstić information content (AvgIpc) is 2.45. The molecule has 0 spiro atoms. The van der Waals surface area contributed by atoms with Crippen LogP contribution in [0.25, 0.3) is 0 Å². The van der Waals surface area contributed by atoms with E-state index in [2.05, 4.69) is 4.90 Å². The second-order valence-electron chi connectivity index (χ2n) is 6.23. The van der Waals surface area contributed by atoms with Crippen molar-refractivity contribution in [2.45, 2.75) is 25.7 Å². The number of likely N-dealkylation sites (tertiary alicyclic amines) is 1. The van der Waals surface area contributed by atoms with E-state index in [1.807, 2.05) is 0 Å². The number of methoxy groups -OCH3 is 1. The van der Waals surface area contributed by atoms with Gasteiger partial charge in [0, 0.05) is 39.8 Å². The second kappa shape index (κ2) is 8.43. The van der Waals surface area contributed by atoms with Gasteiger partial charge in [-0.3, -0.25) is 0 Å². The number of aliphatic hydroxyl groups excluding tert-OH is 1. The Morgan fingerprint density at radius 2 is 2.10 bits per heavy atom. The van der Waals surface area contributed by atoms with Crippen molar-refractivity contribution in [3.63, 3.8) is 0 Å². The van der Waals surface area contributed by atoms with Crippen molar-refractivity contribution in [3.05, 3.63) is 0 Å². The van der Waals surface area contributed by atoms with Crippen LogP contribution in [-0.4, -0.2) is 82.5 Å². The molecule has 1 atom stereocenters. The number of aliphatic hydroxyl groups is 1. The Hall–Kier alpha value is -0.210. The van der Waals surface area contributed by atoms with Crippen LogP contribution in [0.3, 0.4) is 0 Å². The molecule has 0 radical (unpaired) electrons. The van der Waals surface area contributed by atoms with Gasteiger partial charge in [0.1, 0.15) is 0 Å². The highest BCUT2D eigenvalue weighted by Gasteiger charge is 2.34. The first-order chi connectivity index (χ1) is 9.85. The quantitative estimate of drug-likeness (QED) is 0.664. The van der Waals surface area contributed by atoms with Crippen molar-refractivity contribution in [1.82, 2.24) is 9.21 Å². The van der Waals surface area contributed by atoms with Gasteiger partial charge in [-0.05, 0) is 38.8 Å². The van der Waals surface area contributed by atoms with E-state index in [1.54, 1.807) is 21.2 Å². The van der Waals surface area contributed by atoms with Crippen LogP contribution in [0.4, 0.5) is 0 Å². The molecular weight excluding hydrogens is 292 g/mol. The van der Waals surface area contributed by atoms with E-state index < -0.39 is 10.0 Å².